The average molecular weight is 352 g/mol. The molecule has 0 bridgehead atoms. The first-order valence-corrected chi connectivity index (χ1v) is 6.94. The minimum absolute atomic E-state index is 0.366. The first-order valence-electron chi connectivity index (χ1n) is 5.59. The van der Waals surface area contributed by atoms with E-state index in [1.54, 1.807) is 0 Å². The highest BCUT2D eigenvalue weighted by Crippen LogP contribution is 2.33. The molecule has 0 amide bonds. The topological polar surface area (TPSA) is 84.3 Å². The van der Waals surface area contributed by atoms with Gasteiger partial charge < -0.3 is 9.84 Å². The number of aliphatic hydroxyl groups excluding tert-OH is 1. The Kier molecular flexibility index (Phi) is 4.62. The highest BCUT2D eigenvalue weighted by Gasteiger charge is 2.38. The maximum absolute atomic E-state index is 11.6. The molecule has 2 heterocycles. The third-order valence-electron chi connectivity index (χ3n) is 2.87. The van der Waals surface area contributed by atoms with Crippen molar-refractivity contribution in [3.8, 4) is 0 Å². The van der Waals surface area contributed by atoms with Gasteiger partial charge in [0.05, 0.1) is 5.38 Å². The molecule has 1 aliphatic rings. The van der Waals surface area contributed by atoms with Crippen molar-refractivity contribution >= 4 is 27.5 Å². The summed E-state index contributed by atoms with van der Waals surface area (Å²) in [4.78, 5) is 26.3. The number of hydrogen-bond donors (Lipinski definition) is 2. The summed E-state index contributed by atoms with van der Waals surface area (Å²) in [5.74, 6) is 0. The van der Waals surface area contributed by atoms with Gasteiger partial charge in [-0.15, -0.1) is 11.6 Å². The van der Waals surface area contributed by atoms with Gasteiger partial charge in [-0.1, -0.05) is 15.9 Å². The van der Waals surface area contributed by atoms with Gasteiger partial charge in [0.25, 0.3) is 5.56 Å². The average Bonchev–Trinajstić information content (AvgIpc) is 2.71. The number of ether oxygens (including phenoxy) is 1. The van der Waals surface area contributed by atoms with Crippen LogP contribution in [0, 0.1) is 0 Å². The maximum atomic E-state index is 11.6. The number of alkyl halides is 1. The molecular weight excluding hydrogens is 339 g/mol. The van der Waals surface area contributed by atoms with E-state index in [9.17, 15) is 14.7 Å². The Labute approximate surface area is 121 Å². The monoisotopic (exact) mass is 350 g/mol. The Bertz CT molecular complexity index is 585. The molecule has 6 nitrogen and oxygen atoms in total. The quantitative estimate of drug-likeness (QED) is 0.785. The maximum Gasteiger partial charge on any atom is 0.330 e. The van der Waals surface area contributed by atoms with E-state index in [2.05, 4.69) is 20.9 Å². The molecule has 1 fully saturated rings. The van der Waals surface area contributed by atoms with Gasteiger partial charge in [-0.3, -0.25) is 14.3 Å². The van der Waals surface area contributed by atoms with Crippen LogP contribution in [0.2, 0.25) is 0 Å². The van der Waals surface area contributed by atoms with Crippen LogP contribution in [-0.2, 0) is 4.74 Å². The Balaban J connectivity index is 2.21. The SMILES string of the molecule is O=c1ccn([C@H]2C[C@H](Cl)[C@@H](C(O)C=CBr)O2)c(=O)[nH]1. The molecule has 19 heavy (non-hydrogen) atoms. The number of hydrogen-bond acceptors (Lipinski definition) is 4. The molecule has 2 N–H and O–H groups in total. The zero-order chi connectivity index (χ0) is 14.0. The van der Waals surface area contributed by atoms with Crippen molar-refractivity contribution in [2.24, 2.45) is 0 Å². The number of aromatic amines is 1. The normalized spacial score (nSPS) is 28.9. The van der Waals surface area contributed by atoms with Crippen molar-refractivity contribution in [3.05, 3.63) is 44.2 Å². The van der Waals surface area contributed by atoms with Crippen LogP contribution in [0.3, 0.4) is 0 Å². The van der Waals surface area contributed by atoms with Gasteiger partial charge in [0, 0.05) is 18.7 Å². The lowest BCUT2D eigenvalue weighted by molar-refractivity contribution is -0.0452. The van der Waals surface area contributed by atoms with E-state index in [0.29, 0.717) is 6.42 Å². The summed E-state index contributed by atoms with van der Waals surface area (Å²) in [6.07, 6.45) is 1.13. The number of aromatic nitrogens is 2. The van der Waals surface area contributed by atoms with Gasteiger partial charge in [-0.25, -0.2) is 4.79 Å². The van der Waals surface area contributed by atoms with E-state index < -0.39 is 35.1 Å². The van der Waals surface area contributed by atoms with E-state index in [1.807, 2.05) is 0 Å². The first-order chi connectivity index (χ1) is 9.02. The lowest BCUT2D eigenvalue weighted by atomic mass is 10.1. The molecular formula is C11H12BrClN2O4. The summed E-state index contributed by atoms with van der Waals surface area (Å²) < 4.78 is 6.83. The lowest BCUT2D eigenvalue weighted by Crippen LogP contribution is -2.33. The van der Waals surface area contributed by atoms with E-state index in [-0.39, 0.29) is 0 Å². The molecule has 0 saturated carbocycles. The number of aliphatic hydroxyl groups is 1. The summed E-state index contributed by atoms with van der Waals surface area (Å²) in [6, 6.07) is 1.23. The number of rotatable bonds is 3. The van der Waals surface area contributed by atoms with Gasteiger partial charge in [0.1, 0.15) is 18.4 Å². The van der Waals surface area contributed by atoms with E-state index in [0.717, 1.165) is 0 Å². The highest BCUT2D eigenvalue weighted by molar-refractivity contribution is 9.11. The van der Waals surface area contributed by atoms with Crippen molar-refractivity contribution in [1.29, 1.82) is 0 Å². The van der Waals surface area contributed by atoms with Crippen molar-refractivity contribution in [3.63, 3.8) is 0 Å². The largest absolute Gasteiger partial charge is 0.386 e. The second kappa shape index (κ2) is 6.04. The van der Waals surface area contributed by atoms with Gasteiger partial charge in [-0.2, -0.15) is 0 Å². The van der Waals surface area contributed by atoms with Crippen molar-refractivity contribution < 1.29 is 9.84 Å². The summed E-state index contributed by atoms with van der Waals surface area (Å²) in [5, 5.41) is 9.40. The zero-order valence-electron chi connectivity index (χ0n) is 9.70. The van der Waals surface area contributed by atoms with Gasteiger partial charge in [-0.05, 0) is 11.1 Å². The molecule has 8 heteroatoms. The van der Waals surface area contributed by atoms with Crippen LogP contribution in [0.1, 0.15) is 12.6 Å². The predicted molar refractivity (Wildman–Crippen MR) is 73.6 cm³/mol. The van der Waals surface area contributed by atoms with Crippen molar-refractivity contribution in [2.45, 2.75) is 30.2 Å². The van der Waals surface area contributed by atoms with Gasteiger partial charge in [0.2, 0.25) is 0 Å². The summed E-state index contributed by atoms with van der Waals surface area (Å²) in [6.45, 7) is 0. The standard InChI is InChI=1S/C11H12BrClN2O4/c12-3-1-7(16)10-6(13)5-9(19-10)15-4-2-8(17)14-11(15)18/h1-4,6-7,9-10,16H,5H2,(H,14,17,18)/t6-,7?,9+,10-/m0/s1. The van der Waals surface area contributed by atoms with Crippen LogP contribution < -0.4 is 11.2 Å². The molecule has 2 rings (SSSR count). The molecule has 1 unspecified atom stereocenters. The van der Waals surface area contributed by atoms with E-state index >= 15 is 0 Å². The molecule has 104 valence electrons. The van der Waals surface area contributed by atoms with E-state index in [4.69, 9.17) is 16.3 Å². The Morgan fingerprint density at radius 3 is 3.00 bits per heavy atom. The molecule has 4 atom stereocenters. The zero-order valence-corrected chi connectivity index (χ0v) is 12.0. The molecule has 1 aromatic heterocycles. The number of H-pyrrole nitrogens is 1. The van der Waals surface area contributed by atoms with Crippen molar-refractivity contribution in [2.75, 3.05) is 0 Å². The molecule has 0 spiro atoms. The summed E-state index contributed by atoms with van der Waals surface area (Å²) in [7, 11) is 0. The first kappa shape index (κ1) is 14.5. The van der Waals surface area contributed by atoms with Crippen LogP contribution in [0.5, 0.6) is 0 Å². The number of halogens is 2. The molecule has 1 aromatic rings. The lowest BCUT2D eigenvalue weighted by Gasteiger charge is -2.18. The third-order valence-corrected chi connectivity index (χ3v) is 3.60. The highest BCUT2D eigenvalue weighted by atomic mass is 79.9. The van der Waals surface area contributed by atoms with Crippen molar-refractivity contribution in [1.82, 2.24) is 9.55 Å². The molecule has 0 radical (unpaired) electrons. The Morgan fingerprint density at radius 2 is 2.37 bits per heavy atom. The van der Waals surface area contributed by atoms with Crippen LogP contribution in [-0.4, -0.2) is 32.2 Å². The molecule has 0 aliphatic carbocycles. The molecule has 1 saturated heterocycles. The van der Waals surface area contributed by atoms with Gasteiger partial charge >= 0.3 is 5.69 Å². The second-order valence-electron chi connectivity index (χ2n) is 4.13. The Morgan fingerprint density at radius 1 is 1.63 bits per heavy atom. The Hall–Kier alpha value is -0.890. The summed E-state index contributed by atoms with van der Waals surface area (Å²) in [5.41, 5.74) is -1.03. The predicted octanol–water partition coefficient (Wildman–Crippen LogP) is 0.701. The minimum atomic E-state index is -0.870. The molecule has 0 aromatic carbocycles. The third kappa shape index (κ3) is 3.17. The van der Waals surface area contributed by atoms with Crippen LogP contribution in [0.25, 0.3) is 0 Å². The fraction of sp³-hybridized carbons (Fsp3) is 0.455. The van der Waals surface area contributed by atoms with Crippen LogP contribution in [0.15, 0.2) is 32.9 Å². The minimum Gasteiger partial charge on any atom is -0.386 e. The number of nitrogens with one attached hydrogen (secondary N) is 1. The number of nitrogens with zero attached hydrogens (tertiary/aromatic N) is 1. The van der Waals surface area contributed by atoms with Crippen LogP contribution in [0.4, 0.5) is 0 Å². The smallest absolute Gasteiger partial charge is 0.330 e. The summed E-state index contributed by atoms with van der Waals surface area (Å²) >= 11 is 9.18. The van der Waals surface area contributed by atoms with Gasteiger partial charge in [0.15, 0.2) is 0 Å². The van der Waals surface area contributed by atoms with Crippen LogP contribution >= 0.6 is 27.5 Å². The fourth-order valence-electron chi connectivity index (χ4n) is 1.96. The fourth-order valence-corrected chi connectivity index (χ4v) is 2.63. The molecule has 1 aliphatic heterocycles. The second-order valence-corrected chi connectivity index (χ2v) is 5.22. The van der Waals surface area contributed by atoms with E-state index in [1.165, 1.54) is 27.9 Å².